The maximum absolute atomic E-state index is 12.7. The zero-order valence-corrected chi connectivity index (χ0v) is 17.4. The first-order chi connectivity index (χ1) is 14.3. The number of nitrogens with zero attached hydrogens (tertiary/aromatic N) is 2. The molecular formula is C21H28N2O7. The van der Waals surface area contributed by atoms with Crippen LogP contribution < -0.4 is 4.74 Å². The Morgan fingerprint density at radius 3 is 2.57 bits per heavy atom. The average molecular weight is 420 g/mol. The molecule has 0 aliphatic heterocycles. The van der Waals surface area contributed by atoms with Gasteiger partial charge in [0.1, 0.15) is 12.4 Å². The van der Waals surface area contributed by atoms with Crippen molar-refractivity contribution in [2.45, 2.75) is 58.4 Å². The fourth-order valence-corrected chi connectivity index (χ4v) is 3.71. The summed E-state index contributed by atoms with van der Waals surface area (Å²) in [5.74, 6) is -0.0944. The Bertz CT molecular complexity index is 788. The Kier molecular flexibility index (Phi) is 8.76. The molecule has 1 aliphatic rings. The monoisotopic (exact) mass is 420 g/mol. The van der Waals surface area contributed by atoms with E-state index in [0.717, 1.165) is 25.7 Å². The van der Waals surface area contributed by atoms with Gasteiger partial charge in [-0.25, -0.2) is 0 Å². The number of carbonyl (C=O) groups is 3. The molecule has 0 unspecified atom stereocenters. The summed E-state index contributed by atoms with van der Waals surface area (Å²) < 4.78 is 10.6. The standard InChI is InChI=1S/C21H28N2O7/c1-15-12-18(13-20(23(27)28)19(15)14-24)30-10-5-8-21(26)22(9-11-29-16(2)25)17-6-3-4-7-17/h12-14,17H,3-11H2,1-2H3. The molecule has 164 valence electrons. The molecule has 1 amide bonds. The van der Waals surface area contributed by atoms with E-state index in [1.165, 1.54) is 13.0 Å². The molecule has 0 saturated heterocycles. The molecule has 2 rings (SSSR count). The molecule has 30 heavy (non-hydrogen) atoms. The first-order valence-electron chi connectivity index (χ1n) is 10.1. The van der Waals surface area contributed by atoms with Crippen LogP contribution in [-0.4, -0.2) is 53.8 Å². The van der Waals surface area contributed by atoms with Crippen molar-refractivity contribution >= 4 is 23.9 Å². The van der Waals surface area contributed by atoms with E-state index in [-0.39, 0.29) is 48.8 Å². The Balaban J connectivity index is 1.89. The molecule has 0 heterocycles. The number of ether oxygens (including phenoxy) is 2. The second-order valence-electron chi connectivity index (χ2n) is 7.37. The van der Waals surface area contributed by atoms with E-state index >= 15 is 0 Å². The minimum atomic E-state index is -0.615. The number of esters is 1. The largest absolute Gasteiger partial charge is 0.493 e. The van der Waals surface area contributed by atoms with Crippen LogP contribution in [0.15, 0.2) is 12.1 Å². The second-order valence-corrected chi connectivity index (χ2v) is 7.37. The van der Waals surface area contributed by atoms with Crippen molar-refractivity contribution in [1.82, 2.24) is 4.90 Å². The van der Waals surface area contributed by atoms with Gasteiger partial charge in [0.25, 0.3) is 5.69 Å². The van der Waals surface area contributed by atoms with Gasteiger partial charge < -0.3 is 14.4 Å². The third-order valence-electron chi connectivity index (χ3n) is 5.18. The number of nitro groups is 1. The summed E-state index contributed by atoms with van der Waals surface area (Å²) in [4.78, 5) is 47.1. The highest BCUT2D eigenvalue weighted by atomic mass is 16.6. The molecule has 0 N–H and O–H groups in total. The lowest BCUT2D eigenvalue weighted by atomic mass is 10.1. The molecule has 0 bridgehead atoms. The van der Waals surface area contributed by atoms with Gasteiger partial charge in [0.2, 0.25) is 5.91 Å². The van der Waals surface area contributed by atoms with Crippen LogP contribution in [0.2, 0.25) is 0 Å². The minimum Gasteiger partial charge on any atom is -0.493 e. The number of amides is 1. The molecule has 0 aromatic heterocycles. The van der Waals surface area contributed by atoms with E-state index in [4.69, 9.17) is 9.47 Å². The number of rotatable bonds is 11. The Hall–Kier alpha value is -2.97. The number of carbonyl (C=O) groups excluding carboxylic acids is 3. The zero-order valence-electron chi connectivity index (χ0n) is 17.4. The highest BCUT2D eigenvalue weighted by Gasteiger charge is 2.26. The van der Waals surface area contributed by atoms with Gasteiger partial charge in [0.15, 0.2) is 6.29 Å². The van der Waals surface area contributed by atoms with Gasteiger partial charge in [-0.1, -0.05) is 12.8 Å². The number of nitro benzene ring substituents is 1. The maximum atomic E-state index is 12.7. The van der Waals surface area contributed by atoms with Gasteiger partial charge in [-0.05, 0) is 37.8 Å². The van der Waals surface area contributed by atoms with Crippen molar-refractivity contribution in [1.29, 1.82) is 0 Å². The summed E-state index contributed by atoms with van der Waals surface area (Å²) in [5, 5.41) is 11.1. The van der Waals surface area contributed by atoms with Crippen LogP contribution in [0.3, 0.4) is 0 Å². The van der Waals surface area contributed by atoms with Crippen LogP contribution in [0.1, 0.15) is 61.4 Å². The second kappa shape index (κ2) is 11.3. The van der Waals surface area contributed by atoms with Gasteiger partial charge in [-0.15, -0.1) is 0 Å². The first kappa shape index (κ1) is 23.3. The first-order valence-corrected chi connectivity index (χ1v) is 10.1. The number of hydrogen-bond donors (Lipinski definition) is 0. The summed E-state index contributed by atoms with van der Waals surface area (Å²) in [6.07, 6.45) is 5.24. The molecule has 1 aromatic rings. The quantitative estimate of drug-likeness (QED) is 0.177. The van der Waals surface area contributed by atoms with Crippen LogP contribution >= 0.6 is 0 Å². The molecular weight excluding hydrogens is 392 g/mol. The third-order valence-corrected chi connectivity index (χ3v) is 5.18. The van der Waals surface area contributed by atoms with E-state index in [1.54, 1.807) is 17.9 Å². The fraction of sp³-hybridized carbons (Fsp3) is 0.571. The lowest BCUT2D eigenvalue weighted by molar-refractivity contribution is -0.385. The van der Waals surface area contributed by atoms with Gasteiger partial charge in [-0.2, -0.15) is 0 Å². The van der Waals surface area contributed by atoms with Crippen LogP contribution in [0, 0.1) is 17.0 Å². The van der Waals surface area contributed by atoms with E-state index in [2.05, 4.69) is 0 Å². The third kappa shape index (κ3) is 6.53. The molecule has 0 radical (unpaired) electrons. The number of benzene rings is 1. The van der Waals surface area contributed by atoms with E-state index in [1.807, 2.05) is 0 Å². The van der Waals surface area contributed by atoms with Crippen molar-refractivity contribution in [2.75, 3.05) is 19.8 Å². The van der Waals surface area contributed by atoms with E-state index < -0.39 is 4.92 Å². The topological polar surface area (TPSA) is 116 Å². The van der Waals surface area contributed by atoms with E-state index in [9.17, 15) is 24.5 Å². The highest BCUT2D eigenvalue weighted by Crippen LogP contribution is 2.27. The molecule has 9 nitrogen and oxygen atoms in total. The molecule has 1 saturated carbocycles. The SMILES string of the molecule is CC(=O)OCCN(C(=O)CCCOc1cc(C)c(C=O)c([N+](=O)[O-])c1)C1CCCC1. The van der Waals surface area contributed by atoms with Gasteiger partial charge >= 0.3 is 5.97 Å². The Labute approximate surface area is 175 Å². The van der Waals surface area contributed by atoms with Crippen molar-refractivity contribution in [3.05, 3.63) is 33.4 Å². The Morgan fingerprint density at radius 2 is 1.97 bits per heavy atom. The zero-order chi connectivity index (χ0) is 22.1. The highest BCUT2D eigenvalue weighted by molar-refractivity contribution is 5.84. The van der Waals surface area contributed by atoms with Gasteiger partial charge in [0.05, 0.1) is 29.7 Å². The average Bonchev–Trinajstić information content (AvgIpc) is 3.22. The smallest absolute Gasteiger partial charge is 0.302 e. The molecule has 1 aliphatic carbocycles. The predicted octanol–water partition coefficient (Wildman–Crippen LogP) is 3.21. The Morgan fingerprint density at radius 1 is 1.27 bits per heavy atom. The van der Waals surface area contributed by atoms with Gasteiger partial charge in [0, 0.05) is 19.4 Å². The normalized spacial score (nSPS) is 13.7. The lowest BCUT2D eigenvalue weighted by Gasteiger charge is -2.29. The molecule has 9 heteroatoms. The minimum absolute atomic E-state index is 0.0175. The van der Waals surface area contributed by atoms with Crippen LogP contribution in [0.5, 0.6) is 5.75 Å². The predicted molar refractivity (Wildman–Crippen MR) is 109 cm³/mol. The molecule has 1 aromatic carbocycles. The summed E-state index contributed by atoms with van der Waals surface area (Å²) in [5.41, 5.74) is 0.194. The number of aldehydes is 1. The van der Waals surface area contributed by atoms with Crippen LogP contribution in [0.25, 0.3) is 0 Å². The van der Waals surface area contributed by atoms with Crippen molar-refractivity contribution < 1.29 is 28.8 Å². The fourth-order valence-electron chi connectivity index (χ4n) is 3.71. The van der Waals surface area contributed by atoms with Crippen molar-refractivity contribution in [3.8, 4) is 5.75 Å². The summed E-state index contributed by atoms with van der Waals surface area (Å²) in [6, 6.07) is 2.97. The van der Waals surface area contributed by atoms with Crippen LogP contribution in [0.4, 0.5) is 5.69 Å². The number of aryl methyl sites for hydroxylation is 1. The van der Waals surface area contributed by atoms with Gasteiger partial charge in [-0.3, -0.25) is 24.5 Å². The summed E-state index contributed by atoms with van der Waals surface area (Å²) >= 11 is 0. The molecule has 0 atom stereocenters. The molecule has 1 fully saturated rings. The lowest BCUT2D eigenvalue weighted by Crippen LogP contribution is -2.41. The summed E-state index contributed by atoms with van der Waals surface area (Å²) in [6.45, 7) is 3.72. The van der Waals surface area contributed by atoms with Crippen molar-refractivity contribution in [3.63, 3.8) is 0 Å². The number of hydrogen-bond acceptors (Lipinski definition) is 7. The molecule has 0 spiro atoms. The van der Waals surface area contributed by atoms with E-state index in [0.29, 0.717) is 30.6 Å². The summed E-state index contributed by atoms with van der Waals surface area (Å²) in [7, 11) is 0. The van der Waals surface area contributed by atoms with Crippen LogP contribution in [-0.2, 0) is 14.3 Å². The maximum Gasteiger partial charge on any atom is 0.302 e. The van der Waals surface area contributed by atoms with Crippen molar-refractivity contribution in [2.24, 2.45) is 0 Å².